The number of fused-ring (bicyclic) bond motifs is 1. The molecule has 4 nitrogen and oxygen atoms in total. The summed E-state index contributed by atoms with van der Waals surface area (Å²) in [5, 5.41) is 1.77. The van der Waals surface area contributed by atoms with Crippen LogP contribution in [0.25, 0.3) is 10.2 Å². The second kappa shape index (κ2) is 6.43. The first-order valence-electron chi connectivity index (χ1n) is 7.39. The summed E-state index contributed by atoms with van der Waals surface area (Å²) in [7, 11) is 2.03. The molecule has 0 aliphatic carbocycles. The van der Waals surface area contributed by atoms with E-state index in [0.29, 0.717) is 12.4 Å². The normalized spacial score (nSPS) is 11.5. The van der Waals surface area contributed by atoms with Crippen LogP contribution in [0.4, 0.5) is 5.82 Å². The standard InChI is InChI=1S/C17H19ClN4S/c1-10-11(2)23-17-15(10)16(19)20-14(21-17)9-22(3)8-12-6-4-5-7-13(12)18/h4-7H,8-9H2,1-3H3,(H2,19,20,21). The van der Waals surface area contributed by atoms with E-state index in [1.165, 1.54) is 10.4 Å². The third kappa shape index (κ3) is 3.32. The molecule has 23 heavy (non-hydrogen) atoms. The molecule has 1 aromatic carbocycles. The lowest BCUT2D eigenvalue weighted by Crippen LogP contribution is -2.19. The molecule has 0 aliphatic rings. The van der Waals surface area contributed by atoms with Crippen LogP contribution in [-0.4, -0.2) is 21.9 Å². The number of rotatable bonds is 4. The number of nitrogen functional groups attached to an aromatic ring is 1. The average Bonchev–Trinajstić information content (AvgIpc) is 2.76. The zero-order valence-electron chi connectivity index (χ0n) is 13.4. The van der Waals surface area contributed by atoms with Gasteiger partial charge in [0.1, 0.15) is 16.5 Å². The Kier molecular flexibility index (Phi) is 4.53. The van der Waals surface area contributed by atoms with Gasteiger partial charge < -0.3 is 5.73 Å². The van der Waals surface area contributed by atoms with Crippen molar-refractivity contribution in [2.24, 2.45) is 0 Å². The SMILES string of the molecule is Cc1sc2nc(CN(C)Cc3ccccc3Cl)nc(N)c2c1C. The van der Waals surface area contributed by atoms with Gasteiger partial charge in [0, 0.05) is 16.4 Å². The monoisotopic (exact) mass is 346 g/mol. The Morgan fingerprint density at radius 3 is 2.65 bits per heavy atom. The predicted octanol–water partition coefficient (Wildman–Crippen LogP) is 4.18. The Labute approximate surface area is 144 Å². The lowest BCUT2D eigenvalue weighted by Gasteiger charge is -2.16. The Hall–Kier alpha value is -1.69. The van der Waals surface area contributed by atoms with Gasteiger partial charge in [0.25, 0.3) is 0 Å². The fraction of sp³-hybridized carbons (Fsp3) is 0.294. The number of benzene rings is 1. The maximum Gasteiger partial charge on any atom is 0.146 e. The molecule has 0 fully saturated rings. The summed E-state index contributed by atoms with van der Waals surface area (Å²) in [6.45, 7) is 5.52. The Morgan fingerprint density at radius 2 is 1.91 bits per heavy atom. The largest absolute Gasteiger partial charge is 0.383 e. The zero-order chi connectivity index (χ0) is 16.6. The van der Waals surface area contributed by atoms with Gasteiger partial charge in [-0.2, -0.15) is 0 Å². The summed E-state index contributed by atoms with van der Waals surface area (Å²) in [5.41, 5.74) is 8.41. The van der Waals surface area contributed by atoms with E-state index < -0.39 is 0 Å². The van der Waals surface area contributed by atoms with Crippen molar-refractivity contribution in [2.45, 2.75) is 26.9 Å². The quantitative estimate of drug-likeness (QED) is 0.770. The number of aromatic nitrogens is 2. The van der Waals surface area contributed by atoms with Crippen molar-refractivity contribution in [3.63, 3.8) is 0 Å². The zero-order valence-corrected chi connectivity index (χ0v) is 15.0. The number of hydrogen-bond acceptors (Lipinski definition) is 5. The number of aryl methyl sites for hydroxylation is 2. The maximum atomic E-state index is 6.22. The van der Waals surface area contributed by atoms with E-state index in [1.54, 1.807) is 11.3 Å². The third-order valence-corrected chi connectivity index (χ3v) is 5.38. The summed E-state index contributed by atoms with van der Waals surface area (Å²) >= 11 is 7.89. The van der Waals surface area contributed by atoms with Crippen molar-refractivity contribution in [3.05, 3.63) is 51.1 Å². The van der Waals surface area contributed by atoms with Gasteiger partial charge in [-0.15, -0.1) is 11.3 Å². The van der Waals surface area contributed by atoms with Gasteiger partial charge in [0.2, 0.25) is 0 Å². The molecule has 0 amide bonds. The molecule has 0 radical (unpaired) electrons. The van der Waals surface area contributed by atoms with Crippen LogP contribution < -0.4 is 5.73 Å². The Morgan fingerprint density at radius 1 is 1.17 bits per heavy atom. The van der Waals surface area contributed by atoms with Crippen LogP contribution in [0.1, 0.15) is 21.8 Å². The summed E-state index contributed by atoms with van der Waals surface area (Å²) < 4.78 is 0. The van der Waals surface area contributed by atoms with Crippen LogP contribution in [0.2, 0.25) is 5.02 Å². The van der Waals surface area contributed by atoms with E-state index in [9.17, 15) is 0 Å². The molecule has 2 aromatic heterocycles. The molecule has 0 saturated heterocycles. The van der Waals surface area contributed by atoms with Crippen molar-refractivity contribution in [2.75, 3.05) is 12.8 Å². The highest BCUT2D eigenvalue weighted by molar-refractivity contribution is 7.18. The fourth-order valence-corrected chi connectivity index (χ4v) is 3.86. The molecule has 2 heterocycles. The Bertz CT molecular complexity index is 859. The minimum atomic E-state index is 0.568. The van der Waals surface area contributed by atoms with Crippen molar-refractivity contribution in [1.29, 1.82) is 0 Å². The Balaban J connectivity index is 1.82. The number of anilines is 1. The first kappa shape index (κ1) is 16.2. The molecule has 6 heteroatoms. The van der Waals surface area contributed by atoms with Gasteiger partial charge in [-0.1, -0.05) is 29.8 Å². The van der Waals surface area contributed by atoms with Gasteiger partial charge >= 0.3 is 0 Å². The van der Waals surface area contributed by atoms with E-state index in [1.807, 2.05) is 31.3 Å². The number of nitrogens with zero attached hydrogens (tertiary/aromatic N) is 3. The fourth-order valence-electron chi connectivity index (χ4n) is 2.61. The lowest BCUT2D eigenvalue weighted by atomic mass is 10.2. The van der Waals surface area contributed by atoms with Crippen molar-refractivity contribution >= 4 is 39.0 Å². The maximum absolute atomic E-state index is 6.22. The smallest absolute Gasteiger partial charge is 0.146 e. The molecule has 0 aliphatic heterocycles. The first-order chi connectivity index (χ1) is 11.0. The highest BCUT2D eigenvalue weighted by Gasteiger charge is 2.14. The molecule has 0 bridgehead atoms. The minimum Gasteiger partial charge on any atom is -0.383 e. The number of thiophene rings is 1. The van der Waals surface area contributed by atoms with Gasteiger partial charge in [0.05, 0.1) is 11.9 Å². The van der Waals surface area contributed by atoms with Gasteiger partial charge in [0.15, 0.2) is 0 Å². The highest BCUT2D eigenvalue weighted by atomic mass is 35.5. The van der Waals surface area contributed by atoms with E-state index >= 15 is 0 Å². The average molecular weight is 347 g/mol. The van der Waals surface area contributed by atoms with Crippen LogP contribution in [0.5, 0.6) is 0 Å². The molecule has 0 saturated carbocycles. The van der Waals surface area contributed by atoms with E-state index in [2.05, 4.69) is 28.7 Å². The van der Waals surface area contributed by atoms with Crippen LogP contribution in [0.15, 0.2) is 24.3 Å². The minimum absolute atomic E-state index is 0.568. The summed E-state index contributed by atoms with van der Waals surface area (Å²) in [6.07, 6.45) is 0. The number of hydrogen-bond donors (Lipinski definition) is 1. The summed E-state index contributed by atoms with van der Waals surface area (Å²) in [5.74, 6) is 1.31. The van der Waals surface area contributed by atoms with Crippen LogP contribution in [0.3, 0.4) is 0 Å². The topological polar surface area (TPSA) is 55.0 Å². The third-order valence-electron chi connectivity index (χ3n) is 3.91. The number of nitrogens with two attached hydrogens (primary N) is 1. The van der Waals surface area contributed by atoms with Gasteiger partial charge in [-0.3, -0.25) is 4.90 Å². The van der Waals surface area contributed by atoms with Crippen LogP contribution in [0, 0.1) is 13.8 Å². The van der Waals surface area contributed by atoms with Gasteiger partial charge in [-0.05, 0) is 38.1 Å². The highest BCUT2D eigenvalue weighted by Crippen LogP contribution is 2.32. The lowest BCUT2D eigenvalue weighted by molar-refractivity contribution is 0.311. The molecule has 3 aromatic rings. The molecule has 0 unspecified atom stereocenters. The molecule has 0 spiro atoms. The predicted molar refractivity (Wildman–Crippen MR) is 97.9 cm³/mol. The first-order valence-corrected chi connectivity index (χ1v) is 8.59. The molecule has 2 N–H and O–H groups in total. The van der Waals surface area contributed by atoms with Crippen LogP contribution >= 0.6 is 22.9 Å². The molecule has 120 valence electrons. The molecular formula is C17H19ClN4S. The molecular weight excluding hydrogens is 328 g/mol. The van der Waals surface area contributed by atoms with E-state index in [4.69, 9.17) is 17.3 Å². The van der Waals surface area contributed by atoms with E-state index in [0.717, 1.165) is 33.2 Å². The van der Waals surface area contributed by atoms with Crippen LogP contribution in [-0.2, 0) is 13.1 Å². The summed E-state index contributed by atoms with van der Waals surface area (Å²) in [4.78, 5) is 13.5. The van der Waals surface area contributed by atoms with Crippen molar-refractivity contribution in [1.82, 2.24) is 14.9 Å². The number of halogens is 1. The molecule has 3 rings (SSSR count). The molecule has 0 atom stereocenters. The van der Waals surface area contributed by atoms with Crippen molar-refractivity contribution < 1.29 is 0 Å². The second-order valence-corrected chi connectivity index (χ2v) is 7.36. The van der Waals surface area contributed by atoms with Crippen molar-refractivity contribution in [3.8, 4) is 0 Å². The van der Waals surface area contributed by atoms with E-state index in [-0.39, 0.29) is 0 Å². The summed E-state index contributed by atoms with van der Waals surface area (Å²) in [6, 6.07) is 7.86. The van der Waals surface area contributed by atoms with Gasteiger partial charge in [-0.25, -0.2) is 9.97 Å². The second-order valence-electron chi connectivity index (χ2n) is 5.75.